The maximum Gasteiger partial charge on any atom is 0.0120 e. The molecule has 2 heteroatoms. The number of hydrogen-bond acceptors (Lipinski definition) is 2. The van der Waals surface area contributed by atoms with Gasteiger partial charge < -0.3 is 9.80 Å². The van der Waals surface area contributed by atoms with Crippen LogP contribution in [0, 0.1) is 5.92 Å². The van der Waals surface area contributed by atoms with Crippen molar-refractivity contribution in [3.63, 3.8) is 0 Å². The smallest absolute Gasteiger partial charge is 0.0120 e. The third-order valence-electron chi connectivity index (χ3n) is 5.92. The largest absolute Gasteiger partial charge is 0.300 e. The quantitative estimate of drug-likeness (QED) is 0.753. The van der Waals surface area contributed by atoms with Gasteiger partial charge in [-0.2, -0.15) is 0 Å². The first-order valence-corrected chi connectivity index (χ1v) is 8.81. The van der Waals surface area contributed by atoms with Crippen molar-refractivity contribution >= 4 is 0 Å². The van der Waals surface area contributed by atoms with E-state index in [1.807, 2.05) is 0 Å². The third kappa shape index (κ3) is 3.52. The van der Waals surface area contributed by atoms with E-state index in [0.29, 0.717) is 0 Å². The topological polar surface area (TPSA) is 6.48 Å². The average Bonchev–Trinajstić information content (AvgIpc) is 2.49. The van der Waals surface area contributed by atoms with Gasteiger partial charge in [0.1, 0.15) is 0 Å². The summed E-state index contributed by atoms with van der Waals surface area (Å²) in [7, 11) is 0. The van der Waals surface area contributed by atoms with Crippen molar-refractivity contribution in [2.24, 2.45) is 5.92 Å². The number of piperidine rings is 2. The molecular weight excluding hydrogens is 232 g/mol. The van der Waals surface area contributed by atoms with Gasteiger partial charge in [0.2, 0.25) is 0 Å². The van der Waals surface area contributed by atoms with Crippen LogP contribution in [0.25, 0.3) is 0 Å². The molecule has 0 unspecified atom stereocenters. The van der Waals surface area contributed by atoms with Gasteiger partial charge in [-0.3, -0.25) is 0 Å². The second-order valence-electron chi connectivity index (χ2n) is 7.28. The molecule has 2 nitrogen and oxygen atoms in total. The van der Waals surface area contributed by atoms with Gasteiger partial charge in [-0.05, 0) is 70.6 Å². The fourth-order valence-corrected chi connectivity index (χ4v) is 4.46. The van der Waals surface area contributed by atoms with E-state index in [-0.39, 0.29) is 0 Å². The monoisotopic (exact) mass is 264 g/mol. The molecule has 3 aliphatic rings. The van der Waals surface area contributed by atoms with Gasteiger partial charge in [-0.1, -0.05) is 26.2 Å². The normalized spacial score (nSPS) is 30.8. The molecule has 0 atom stereocenters. The highest BCUT2D eigenvalue weighted by atomic mass is 15.2. The molecule has 2 heterocycles. The van der Waals surface area contributed by atoms with Gasteiger partial charge in [0.15, 0.2) is 0 Å². The van der Waals surface area contributed by atoms with E-state index in [1.54, 1.807) is 0 Å². The molecule has 0 aromatic heterocycles. The van der Waals surface area contributed by atoms with E-state index in [1.165, 1.54) is 84.0 Å². The number of nitrogens with zero attached hydrogens (tertiary/aromatic N) is 2. The lowest BCUT2D eigenvalue weighted by atomic mass is 9.91. The van der Waals surface area contributed by atoms with Crippen LogP contribution in [-0.2, 0) is 0 Å². The first kappa shape index (κ1) is 13.9. The highest BCUT2D eigenvalue weighted by Crippen LogP contribution is 2.28. The molecule has 0 radical (unpaired) electrons. The fourth-order valence-electron chi connectivity index (χ4n) is 4.46. The highest BCUT2D eigenvalue weighted by Gasteiger charge is 2.30. The van der Waals surface area contributed by atoms with E-state index < -0.39 is 0 Å². The minimum Gasteiger partial charge on any atom is -0.300 e. The van der Waals surface area contributed by atoms with E-state index in [9.17, 15) is 0 Å². The van der Waals surface area contributed by atoms with Crippen LogP contribution < -0.4 is 0 Å². The summed E-state index contributed by atoms with van der Waals surface area (Å²) in [5.41, 5.74) is 0. The Morgan fingerprint density at radius 1 is 0.579 bits per heavy atom. The molecule has 0 aromatic rings. The molecule has 2 aliphatic heterocycles. The summed E-state index contributed by atoms with van der Waals surface area (Å²) >= 11 is 0. The lowest BCUT2D eigenvalue weighted by molar-refractivity contribution is 0.0544. The summed E-state index contributed by atoms with van der Waals surface area (Å²) in [6, 6.07) is 1.85. The van der Waals surface area contributed by atoms with Crippen molar-refractivity contribution in [3.05, 3.63) is 0 Å². The molecule has 3 rings (SSSR count). The van der Waals surface area contributed by atoms with Crippen LogP contribution in [0.5, 0.6) is 0 Å². The molecule has 3 fully saturated rings. The molecule has 0 bridgehead atoms. The maximum absolute atomic E-state index is 2.82. The van der Waals surface area contributed by atoms with Crippen molar-refractivity contribution < 1.29 is 0 Å². The van der Waals surface area contributed by atoms with Crippen LogP contribution in [0.1, 0.15) is 64.7 Å². The van der Waals surface area contributed by atoms with Gasteiger partial charge in [-0.25, -0.2) is 0 Å². The minimum atomic E-state index is 0.910. The molecule has 0 aromatic carbocycles. The van der Waals surface area contributed by atoms with Crippen molar-refractivity contribution in [1.82, 2.24) is 9.80 Å². The lowest BCUT2D eigenvalue weighted by Gasteiger charge is -2.44. The second-order valence-corrected chi connectivity index (χ2v) is 7.28. The van der Waals surface area contributed by atoms with Crippen LogP contribution >= 0.6 is 0 Å². The summed E-state index contributed by atoms with van der Waals surface area (Å²) in [5, 5.41) is 0. The van der Waals surface area contributed by atoms with Gasteiger partial charge in [-0.15, -0.1) is 0 Å². The molecule has 1 aliphatic carbocycles. The Labute approximate surface area is 119 Å². The van der Waals surface area contributed by atoms with Crippen LogP contribution in [0.3, 0.4) is 0 Å². The summed E-state index contributed by atoms with van der Waals surface area (Å²) in [6.45, 7) is 7.91. The Bertz CT molecular complexity index is 256. The number of likely N-dealkylation sites (tertiary alicyclic amines) is 2. The Kier molecular flexibility index (Phi) is 4.81. The standard InChI is InChI=1S/C17H32N2/c1-15-7-11-18(12-8-15)17-9-13-19(14-10-17)16-5-3-2-4-6-16/h15-17H,2-14H2,1H3. The predicted octanol–water partition coefficient (Wildman–Crippen LogP) is 3.52. The van der Waals surface area contributed by atoms with Crippen LogP contribution in [0.4, 0.5) is 0 Å². The molecule has 0 amide bonds. The van der Waals surface area contributed by atoms with Crippen molar-refractivity contribution in [3.8, 4) is 0 Å². The third-order valence-corrected chi connectivity index (χ3v) is 5.92. The zero-order valence-electron chi connectivity index (χ0n) is 12.8. The molecule has 2 saturated heterocycles. The van der Waals surface area contributed by atoms with Gasteiger partial charge >= 0.3 is 0 Å². The lowest BCUT2D eigenvalue weighted by Crippen LogP contribution is -2.50. The van der Waals surface area contributed by atoms with Crippen LogP contribution in [0.2, 0.25) is 0 Å². The van der Waals surface area contributed by atoms with Gasteiger partial charge in [0, 0.05) is 12.1 Å². The summed E-state index contributed by atoms with van der Waals surface area (Å²) in [6.07, 6.45) is 13.1. The van der Waals surface area contributed by atoms with E-state index in [2.05, 4.69) is 16.7 Å². The Morgan fingerprint density at radius 3 is 1.63 bits per heavy atom. The highest BCUT2D eigenvalue weighted by molar-refractivity contribution is 4.86. The molecule has 110 valence electrons. The zero-order chi connectivity index (χ0) is 13.1. The molecular formula is C17H32N2. The van der Waals surface area contributed by atoms with E-state index >= 15 is 0 Å². The van der Waals surface area contributed by atoms with Crippen molar-refractivity contribution in [2.45, 2.75) is 76.8 Å². The number of hydrogen-bond donors (Lipinski definition) is 0. The Balaban J connectivity index is 1.44. The Morgan fingerprint density at radius 2 is 1.05 bits per heavy atom. The maximum atomic E-state index is 2.82. The minimum absolute atomic E-state index is 0.910. The predicted molar refractivity (Wildman–Crippen MR) is 81.4 cm³/mol. The SMILES string of the molecule is CC1CCN(C2CCN(C3CCCCC3)CC2)CC1. The van der Waals surface area contributed by atoms with Gasteiger partial charge in [0.05, 0.1) is 0 Å². The van der Waals surface area contributed by atoms with Gasteiger partial charge in [0.25, 0.3) is 0 Å². The fraction of sp³-hybridized carbons (Fsp3) is 1.00. The molecule has 1 saturated carbocycles. The van der Waals surface area contributed by atoms with E-state index in [4.69, 9.17) is 0 Å². The Hall–Kier alpha value is -0.0800. The van der Waals surface area contributed by atoms with Crippen LogP contribution in [0.15, 0.2) is 0 Å². The molecule has 19 heavy (non-hydrogen) atoms. The summed E-state index contributed by atoms with van der Waals surface area (Å²) in [5.74, 6) is 0.971. The van der Waals surface area contributed by atoms with Crippen LogP contribution in [-0.4, -0.2) is 48.1 Å². The summed E-state index contributed by atoms with van der Waals surface area (Å²) in [4.78, 5) is 5.63. The first-order valence-electron chi connectivity index (χ1n) is 8.81. The zero-order valence-corrected chi connectivity index (χ0v) is 12.8. The molecule has 0 spiro atoms. The average molecular weight is 264 g/mol. The molecule has 0 N–H and O–H groups in total. The van der Waals surface area contributed by atoms with Crippen molar-refractivity contribution in [2.75, 3.05) is 26.2 Å². The second kappa shape index (κ2) is 6.58. The summed E-state index contributed by atoms with van der Waals surface area (Å²) < 4.78 is 0. The number of rotatable bonds is 2. The van der Waals surface area contributed by atoms with E-state index in [0.717, 1.165) is 18.0 Å². The first-order chi connectivity index (χ1) is 9.33. The van der Waals surface area contributed by atoms with Crippen molar-refractivity contribution in [1.29, 1.82) is 0 Å².